The molecular formula is C14H11Br2N3O4. The molecule has 1 fully saturated rings. The summed E-state index contributed by atoms with van der Waals surface area (Å²) in [6.45, 7) is 1.82. The van der Waals surface area contributed by atoms with E-state index in [0.29, 0.717) is 10.2 Å². The third-order valence-corrected chi connectivity index (χ3v) is 4.69. The lowest BCUT2D eigenvalue weighted by atomic mass is 9.99. The predicted molar refractivity (Wildman–Crippen MR) is 88.8 cm³/mol. The first kappa shape index (κ1) is 16.1. The fraction of sp³-hybridized carbons (Fsp3) is 0.286. The van der Waals surface area contributed by atoms with Crippen LogP contribution >= 0.6 is 31.9 Å². The van der Waals surface area contributed by atoms with Gasteiger partial charge in [-0.25, -0.2) is 9.69 Å². The Balaban J connectivity index is 1.95. The summed E-state index contributed by atoms with van der Waals surface area (Å²) in [6.07, 6.45) is 0. The number of esters is 1. The highest BCUT2D eigenvalue weighted by Crippen LogP contribution is 2.36. The van der Waals surface area contributed by atoms with Crippen molar-refractivity contribution in [2.75, 3.05) is 11.5 Å². The maximum absolute atomic E-state index is 12.7. The van der Waals surface area contributed by atoms with Gasteiger partial charge in [-0.2, -0.15) is 5.10 Å². The third kappa shape index (κ3) is 2.57. The average Bonchev–Trinajstić information content (AvgIpc) is 3.02. The summed E-state index contributed by atoms with van der Waals surface area (Å²) >= 11 is 6.66. The molecule has 0 unspecified atom stereocenters. The Bertz CT molecular complexity index is 750. The molecule has 2 aliphatic rings. The lowest BCUT2D eigenvalue weighted by Gasteiger charge is -2.17. The first-order chi connectivity index (χ1) is 11.0. The van der Waals surface area contributed by atoms with Gasteiger partial charge in [0.2, 0.25) is 5.91 Å². The monoisotopic (exact) mass is 443 g/mol. The van der Waals surface area contributed by atoms with E-state index in [1.165, 1.54) is 0 Å². The van der Waals surface area contributed by atoms with E-state index in [-0.39, 0.29) is 12.3 Å². The number of nitrogens with one attached hydrogen (secondary N) is 1. The van der Waals surface area contributed by atoms with Crippen molar-refractivity contribution >= 4 is 61.0 Å². The topological polar surface area (TPSA) is 88.1 Å². The predicted octanol–water partition coefficient (Wildman–Crippen LogP) is 1.59. The van der Waals surface area contributed by atoms with Crippen LogP contribution < -0.4 is 10.3 Å². The van der Waals surface area contributed by atoms with Gasteiger partial charge in [-0.15, -0.1) is 0 Å². The number of anilines is 1. The van der Waals surface area contributed by atoms with E-state index in [2.05, 4.69) is 42.4 Å². The standard InChI is InChI=1S/C14H11Br2N3O4/c1-2-23-14(22)11-9-10(17-18-11)13(21)19(12(9)20)8-4-3-6(15)5-7(8)16/h3-5,9-10,17H,2H2,1H3/t9-,10-/m1/s1. The highest BCUT2D eigenvalue weighted by atomic mass is 79.9. The van der Waals surface area contributed by atoms with Gasteiger partial charge in [-0.3, -0.25) is 15.0 Å². The molecule has 1 saturated heterocycles. The number of fused-ring (bicyclic) bond motifs is 1. The minimum atomic E-state index is -0.961. The highest BCUT2D eigenvalue weighted by molar-refractivity contribution is 9.11. The number of carbonyl (C=O) groups is 3. The molecule has 2 atom stereocenters. The molecule has 1 N–H and O–H groups in total. The second-order valence-corrected chi connectivity index (χ2v) is 6.68. The number of imide groups is 1. The molecule has 0 aliphatic carbocycles. The van der Waals surface area contributed by atoms with Gasteiger partial charge in [0.15, 0.2) is 5.71 Å². The van der Waals surface area contributed by atoms with E-state index in [1.54, 1.807) is 25.1 Å². The fourth-order valence-corrected chi connectivity index (χ4v) is 3.79. The quantitative estimate of drug-likeness (QED) is 0.565. The van der Waals surface area contributed by atoms with Crippen LogP contribution in [0.1, 0.15) is 6.92 Å². The third-order valence-electron chi connectivity index (χ3n) is 3.56. The van der Waals surface area contributed by atoms with Crippen LogP contribution in [0.15, 0.2) is 32.2 Å². The smallest absolute Gasteiger partial charge is 0.355 e. The molecule has 0 aromatic heterocycles. The number of nitrogens with zero attached hydrogens (tertiary/aromatic N) is 2. The molecule has 3 rings (SSSR count). The van der Waals surface area contributed by atoms with Crippen molar-refractivity contribution in [1.82, 2.24) is 5.43 Å². The molecule has 0 saturated carbocycles. The number of carbonyl (C=O) groups excluding carboxylic acids is 3. The summed E-state index contributed by atoms with van der Waals surface area (Å²) in [5, 5.41) is 3.81. The van der Waals surface area contributed by atoms with Gasteiger partial charge in [-0.05, 0) is 41.1 Å². The van der Waals surface area contributed by atoms with E-state index in [9.17, 15) is 14.4 Å². The second kappa shape index (κ2) is 6.04. The number of rotatable bonds is 3. The lowest BCUT2D eigenvalue weighted by Crippen LogP contribution is -2.36. The second-order valence-electron chi connectivity index (χ2n) is 4.91. The number of ether oxygens (including phenoxy) is 1. The van der Waals surface area contributed by atoms with E-state index < -0.39 is 29.7 Å². The van der Waals surface area contributed by atoms with Gasteiger partial charge < -0.3 is 4.74 Å². The van der Waals surface area contributed by atoms with Gasteiger partial charge in [-0.1, -0.05) is 15.9 Å². The first-order valence-electron chi connectivity index (χ1n) is 6.78. The minimum Gasteiger partial charge on any atom is -0.461 e. The van der Waals surface area contributed by atoms with Crippen LogP contribution in [0, 0.1) is 5.92 Å². The van der Waals surface area contributed by atoms with Crippen LogP contribution in [-0.2, 0) is 19.1 Å². The van der Waals surface area contributed by atoms with Gasteiger partial charge in [0.25, 0.3) is 5.91 Å². The van der Waals surface area contributed by atoms with Gasteiger partial charge >= 0.3 is 5.97 Å². The zero-order chi connectivity index (χ0) is 16.7. The molecular weight excluding hydrogens is 434 g/mol. The zero-order valence-electron chi connectivity index (χ0n) is 11.9. The van der Waals surface area contributed by atoms with E-state index >= 15 is 0 Å². The molecule has 0 spiro atoms. The molecule has 2 heterocycles. The van der Waals surface area contributed by atoms with Crippen molar-refractivity contribution in [1.29, 1.82) is 0 Å². The zero-order valence-corrected chi connectivity index (χ0v) is 15.0. The van der Waals surface area contributed by atoms with Crippen molar-refractivity contribution in [2.45, 2.75) is 13.0 Å². The van der Waals surface area contributed by atoms with Crippen molar-refractivity contribution in [3.63, 3.8) is 0 Å². The van der Waals surface area contributed by atoms with Gasteiger partial charge in [0.05, 0.1) is 12.3 Å². The molecule has 1 aromatic carbocycles. The van der Waals surface area contributed by atoms with Crippen molar-refractivity contribution in [3.05, 3.63) is 27.1 Å². The van der Waals surface area contributed by atoms with Crippen LogP contribution in [0.2, 0.25) is 0 Å². The molecule has 120 valence electrons. The largest absolute Gasteiger partial charge is 0.461 e. The molecule has 2 amide bonds. The minimum absolute atomic E-state index is 0.0639. The summed E-state index contributed by atoms with van der Waals surface area (Å²) in [7, 11) is 0. The highest BCUT2D eigenvalue weighted by Gasteiger charge is 2.56. The number of amides is 2. The van der Waals surface area contributed by atoms with Crippen LogP contribution in [0.4, 0.5) is 5.69 Å². The summed E-state index contributed by atoms with van der Waals surface area (Å²) in [5.74, 6) is -2.60. The first-order valence-corrected chi connectivity index (χ1v) is 8.37. The number of hydrogen-bond donors (Lipinski definition) is 1. The van der Waals surface area contributed by atoms with Gasteiger partial charge in [0, 0.05) is 8.95 Å². The van der Waals surface area contributed by atoms with Crippen molar-refractivity contribution in [3.8, 4) is 0 Å². The van der Waals surface area contributed by atoms with Crippen LogP contribution in [-0.4, -0.2) is 36.1 Å². The molecule has 2 aliphatic heterocycles. The molecule has 1 aromatic rings. The molecule has 0 bridgehead atoms. The van der Waals surface area contributed by atoms with E-state index in [1.807, 2.05) is 0 Å². The molecule has 23 heavy (non-hydrogen) atoms. The van der Waals surface area contributed by atoms with Crippen LogP contribution in [0.25, 0.3) is 0 Å². The number of hydrazone groups is 1. The summed E-state index contributed by atoms with van der Waals surface area (Å²) in [6, 6.07) is 4.23. The summed E-state index contributed by atoms with van der Waals surface area (Å²) in [4.78, 5) is 38.2. The Kier molecular flexibility index (Phi) is 4.24. The SMILES string of the molecule is CCOC(=O)C1=NN[C@H]2C(=O)N(c3ccc(Br)cc3Br)C(=O)[C@@H]12. The van der Waals surface area contributed by atoms with E-state index in [4.69, 9.17) is 4.74 Å². The van der Waals surface area contributed by atoms with Crippen molar-refractivity contribution < 1.29 is 19.1 Å². The Morgan fingerprint density at radius 3 is 2.74 bits per heavy atom. The lowest BCUT2D eigenvalue weighted by molar-refractivity contribution is -0.136. The Morgan fingerprint density at radius 2 is 2.09 bits per heavy atom. The number of halogens is 2. The fourth-order valence-electron chi connectivity index (χ4n) is 2.56. The molecule has 9 heteroatoms. The number of benzene rings is 1. The average molecular weight is 445 g/mol. The molecule has 7 nitrogen and oxygen atoms in total. The van der Waals surface area contributed by atoms with Gasteiger partial charge in [0.1, 0.15) is 12.0 Å². The number of hydrogen-bond acceptors (Lipinski definition) is 6. The Morgan fingerprint density at radius 1 is 1.35 bits per heavy atom. The maximum atomic E-state index is 12.7. The summed E-state index contributed by atoms with van der Waals surface area (Å²) < 4.78 is 6.28. The Hall–Kier alpha value is -1.74. The van der Waals surface area contributed by atoms with Crippen molar-refractivity contribution in [2.24, 2.45) is 11.0 Å². The Labute approximate surface area is 148 Å². The van der Waals surface area contributed by atoms with Crippen LogP contribution in [0.3, 0.4) is 0 Å². The van der Waals surface area contributed by atoms with E-state index in [0.717, 1.165) is 9.37 Å². The summed E-state index contributed by atoms with van der Waals surface area (Å²) in [5.41, 5.74) is 2.92. The van der Waals surface area contributed by atoms with Crippen LogP contribution in [0.5, 0.6) is 0 Å². The maximum Gasteiger partial charge on any atom is 0.355 e. The molecule has 0 radical (unpaired) electrons. The normalized spacial score (nSPS) is 22.7.